The van der Waals surface area contributed by atoms with E-state index in [2.05, 4.69) is 0 Å². The van der Waals surface area contributed by atoms with Crippen LogP contribution in [-0.2, 0) is 218 Å². The van der Waals surface area contributed by atoms with Crippen molar-refractivity contribution in [2.75, 3.05) is 0 Å². The van der Waals surface area contributed by atoms with Gasteiger partial charge in [-0.1, -0.05) is 0 Å². The molecule has 0 saturated heterocycles. The summed E-state index contributed by atoms with van der Waals surface area (Å²) in [6, 6.07) is 0. The van der Waals surface area contributed by atoms with E-state index in [9.17, 15) is 0 Å². The van der Waals surface area contributed by atoms with Crippen LogP contribution in [-0.4, -0.2) is 0 Å². The molecule has 0 aliphatic rings. The van der Waals surface area contributed by atoms with Crippen LogP contribution in [0.15, 0.2) is 0 Å². The van der Waals surface area contributed by atoms with Crippen LogP contribution in [0, 0.1) is 0 Å². The first kappa shape index (κ1) is 87.2. The molecule has 0 aromatic rings. The molecule has 0 aliphatic carbocycles. The molecule has 0 nitrogen and oxygen atoms in total. The molecule has 0 spiro atoms. The Morgan fingerprint density at radius 2 is 0.200 bits per heavy atom. The Kier molecular flexibility index (Phi) is 631. The van der Waals surface area contributed by atoms with Gasteiger partial charge >= 0.3 is 0 Å². The Balaban J connectivity index is 0. The van der Waals surface area contributed by atoms with Gasteiger partial charge in [-0.2, -0.15) is 0 Å². The van der Waals surface area contributed by atoms with E-state index >= 15 is 0 Å². The second-order valence-corrected chi connectivity index (χ2v) is 0. The van der Waals surface area contributed by atoms with E-state index in [4.69, 9.17) is 0 Å². The zero-order valence-electron chi connectivity index (χ0n) is 3.02. The summed E-state index contributed by atoms with van der Waals surface area (Å²) < 4.78 is 0. The van der Waals surface area contributed by atoms with Crippen LogP contribution in [0.5, 0.6) is 0 Å². The van der Waals surface area contributed by atoms with Crippen LogP contribution >= 0.6 is 0 Å². The molecule has 0 aromatic carbocycles. The molecule has 0 aromatic heterocycles. The van der Waals surface area contributed by atoms with Gasteiger partial charge in [-0.05, 0) is 0 Å². The summed E-state index contributed by atoms with van der Waals surface area (Å²) in [4.78, 5) is 0. The van der Waals surface area contributed by atoms with Gasteiger partial charge in [0.05, 0.1) is 0 Å². The molecule has 0 atom stereocenters. The quantitative estimate of drug-likeness (QED) is 0.300. The summed E-state index contributed by atoms with van der Waals surface area (Å²) in [5, 5.41) is 0. The Hall–Kier alpha value is 7.18. The molecular formula is Au9Cu. The average molecular weight is 1840 g/mol. The van der Waals surface area contributed by atoms with E-state index < -0.39 is 0 Å². The van der Waals surface area contributed by atoms with E-state index in [-0.39, 0.29) is 218 Å². The van der Waals surface area contributed by atoms with Gasteiger partial charge < -0.3 is 0 Å². The molecule has 110 valence electrons. The molecule has 0 fully saturated rings. The van der Waals surface area contributed by atoms with Gasteiger partial charge in [0.15, 0.2) is 0 Å². The van der Waals surface area contributed by atoms with Crippen molar-refractivity contribution in [3.63, 3.8) is 0 Å². The predicted octanol–water partition coefficient (Wildman–Crippen LogP) is -0.0250. The second kappa shape index (κ2) is 72.3. The average Bonchev–Trinajstić information content (AvgIpc) is 0. The van der Waals surface area contributed by atoms with Crippen LogP contribution in [0.4, 0.5) is 0 Å². The Morgan fingerprint density at radius 1 is 0.200 bits per heavy atom. The van der Waals surface area contributed by atoms with Crippen molar-refractivity contribution in [1.29, 1.82) is 0 Å². The summed E-state index contributed by atoms with van der Waals surface area (Å²) in [6.45, 7) is 0. The van der Waals surface area contributed by atoms with Crippen molar-refractivity contribution in [2.45, 2.75) is 0 Å². The van der Waals surface area contributed by atoms with Crippen LogP contribution in [0.25, 0.3) is 0 Å². The molecule has 0 N–H and O–H groups in total. The number of hydrogen-bond acceptors (Lipinski definition) is 0. The van der Waals surface area contributed by atoms with Crippen molar-refractivity contribution < 1.29 is 218 Å². The van der Waals surface area contributed by atoms with Gasteiger partial charge in [-0.3, -0.25) is 0 Å². The molecule has 0 amide bonds. The Labute approximate surface area is 213 Å². The maximum atomic E-state index is 0. The summed E-state index contributed by atoms with van der Waals surface area (Å²) in [5.74, 6) is 0. The van der Waals surface area contributed by atoms with Crippen LogP contribution in [0.3, 0.4) is 0 Å². The van der Waals surface area contributed by atoms with Gasteiger partial charge in [0.1, 0.15) is 0 Å². The third kappa shape index (κ3) is 59.2. The van der Waals surface area contributed by atoms with Gasteiger partial charge in [0.2, 0.25) is 0 Å². The third-order valence-electron chi connectivity index (χ3n) is 0. The standard InChI is InChI=1S/9Au.Cu. The van der Waals surface area contributed by atoms with Gasteiger partial charge in [0.25, 0.3) is 0 Å². The minimum absolute atomic E-state index is 0. The maximum Gasteiger partial charge on any atom is 0 e. The maximum absolute atomic E-state index is 0. The third-order valence-corrected chi connectivity index (χ3v) is 0. The van der Waals surface area contributed by atoms with E-state index in [0.717, 1.165) is 0 Å². The molecule has 0 saturated carbocycles. The molecule has 0 unspecified atom stereocenters. The number of rotatable bonds is 0. The molecule has 0 rings (SSSR count). The SMILES string of the molecule is [Au].[Au].[Au].[Au].[Au].[Au].[Au].[Au].[Au].[Cu]. The zero-order valence-corrected chi connectivity index (χ0v) is 23.5. The molecule has 10 heteroatoms. The normalized spacial score (nSPS) is 0. The van der Waals surface area contributed by atoms with Crippen molar-refractivity contribution in [1.82, 2.24) is 0 Å². The summed E-state index contributed by atoms with van der Waals surface area (Å²) >= 11 is 0. The van der Waals surface area contributed by atoms with Gasteiger partial charge in [-0.15, -0.1) is 0 Å². The summed E-state index contributed by atoms with van der Waals surface area (Å²) in [7, 11) is 0. The summed E-state index contributed by atoms with van der Waals surface area (Å²) in [5.41, 5.74) is 0. The second-order valence-electron chi connectivity index (χ2n) is 0. The van der Waals surface area contributed by atoms with Crippen molar-refractivity contribution in [3.8, 4) is 0 Å². The molecule has 0 bridgehead atoms. The van der Waals surface area contributed by atoms with Crippen LogP contribution in [0.1, 0.15) is 0 Å². The predicted molar refractivity (Wildman–Crippen MR) is 0 cm³/mol. The largest absolute Gasteiger partial charge is 0 e. The van der Waals surface area contributed by atoms with E-state index in [1.807, 2.05) is 0 Å². The van der Waals surface area contributed by atoms with Gasteiger partial charge in [0, 0.05) is 218 Å². The van der Waals surface area contributed by atoms with Crippen LogP contribution in [0.2, 0.25) is 0 Å². The first-order valence-corrected chi connectivity index (χ1v) is 0. The van der Waals surface area contributed by atoms with Crippen molar-refractivity contribution in [2.24, 2.45) is 0 Å². The van der Waals surface area contributed by atoms with Gasteiger partial charge in [-0.25, -0.2) is 0 Å². The van der Waals surface area contributed by atoms with E-state index in [1.54, 1.807) is 0 Å². The Bertz CT molecular complexity index is 4.69. The fourth-order valence-corrected chi connectivity index (χ4v) is 0. The monoisotopic (exact) mass is 1840 g/mol. The Morgan fingerprint density at radius 3 is 0.200 bits per heavy atom. The van der Waals surface area contributed by atoms with Crippen molar-refractivity contribution >= 4 is 0 Å². The molecule has 0 heterocycles. The first-order chi connectivity index (χ1) is 0. The molecular weight excluding hydrogens is 1840 g/mol. The van der Waals surface area contributed by atoms with E-state index in [0.29, 0.717) is 0 Å². The van der Waals surface area contributed by atoms with E-state index in [1.165, 1.54) is 0 Å². The van der Waals surface area contributed by atoms with Crippen molar-refractivity contribution in [3.05, 3.63) is 0 Å². The fourth-order valence-electron chi connectivity index (χ4n) is 0. The molecule has 10 radical (unpaired) electrons. The first-order valence-electron chi connectivity index (χ1n) is 0. The number of hydrogen-bond donors (Lipinski definition) is 0. The van der Waals surface area contributed by atoms with Crippen LogP contribution < -0.4 is 0 Å². The summed E-state index contributed by atoms with van der Waals surface area (Å²) in [6.07, 6.45) is 0. The topological polar surface area (TPSA) is 0 Å². The zero-order chi connectivity index (χ0) is 0. The molecule has 0 aliphatic heterocycles. The minimum Gasteiger partial charge on any atom is 0 e. The molecule has 10 heavy (non-hydrogen) atoms. The fraction of sp³-hybridized carbons (Fsp3) is 0. The smallest absolute Gasteiger partial charge is 0 e. The minimum atomic E-state index is 0.